The van der Waals surface area contributed by atoms with E-state index in [1.165, 1.54) is 4.90 Å². The number of carbonyl (C=O) groups is 3. The molecule has 3 rings (SSSR count). The van der Waals surface area contributed by atoms with Crippen LogP contribution in [0.4, 0.5) is 5.69 Å². The third-order valence-electron chi connectivity index (χ3n) is 4.72. The molecule has 6 heteroatoms. The van der Waals surface area contributed by atoms with E-state index in [-0.39, 0.29) is 23.8 Å². The molecule has 0 spiro atoms. The molecule has 0 N–H and O–H groups in total. The molecular formula is C18H23N3O3. The van der Waals surface area contributed by atoms with Gasteiger partial charge in [0, 0.05) is 44.9 Å². The SMILES string of the molecule is CN(C)C(=O)C1CCCN1C(=O)c1cccc(N2CCCC2=O)c1. The lowest BCUT2D eigenvalue weighted by Crippen LogP contribution is -2.45. The number of likely N-dealkylation sites (N-methyl/N-ethyl adjacent to an activating group) is 1. The Morgan fingerprint density at radius 3 is 2.62 bits per heavy atom. The monoisotopic (exact) mass is 329 g/mol. The fraction of sp³-hybridized carbons (Fsp3) is 0.500. The fourth-order valence-corrected chi connectivity index (χ4v) is 3.46. The lowest BCUT2D eigenvalue weighted by atomic mass is 10.1. The molecule has 0 radical (unpaired) electrons. The molecule has 1 atom stereocenters. The van der Waals surface area contributed by atoms with Gasteiger partial charge in [-0.3, -0.25) is 14.4 Å². The first kappa shape index (κ1) is 16.5. The van der Waals surface area contributed by atoms with Crippen LogP contribution in [0, 0.1) is 0 Å². The Balaban J connectivity index is 1.82. The van der Waals surface area contributed by atoms with E-state index in [0.29, 0.717) is 31.5 Å². The Morgan fingerprint density at radius 1 is 1.17 bits per heavy atom. The van der Waals surface area contributed by atoms with Crippen LogP contribution >= 0.6 is 0 Å². The van der Waals surface area contributed by atoms with Crippen LogP contribution in [0.15, 0.2) is 24.3 Å². The third-order valence-corrected chi connectivity index (χ3v) is 4.72. The first-order valence-corrected chi connectivity index (χ1v) is 8.41. The smallest absolute Gasteiger partial charge is 0.254 e. The van der Waals surface area contributed by atoms with Crippen LogP contribution in [0.3, 0.4) is 0 Å². The van der Waals surface area contributed by atoms with Crippen molar-refractivity contribution in [3.63, 3.8) is 0 Å². The average molecular weight is 329 g/mol. The zero-order chi connectivity index (χ0) is 17.3. The summed E-state index contributed by atoms with van der Waals surface area (Å²) in [5, 5.41) is 0. The first-order chi connectivity index (χ1) is 11.5. The molecule has 24 heavy (non-hydrogen) atoms. The Bertz CT molecular complexity index is 671. The summed E-state index contributed by atoms with van der Waals surface area (Å²) < 4.78 is 0. The second kappa shape index (κ2) is 6.63. The van der Waals surface area contributed by atoms with E-state index in [1.807, 2.05) is 6.07 Å². The molecule has 0 aliphatic carbocycles. The summed E-state index contributed by atoms with van der Waals surface area (Å²) in [6.07, 6.45) is 2.94. The maximum absolute atomic E-state index is 12.9. The molecule has 128 valence electrons. The molecule has 1 aromatic carbocycles. The van der Waals surface area contributed by atoms with Crippen molar-refractivity contribution in [3.8, 4) is 0 Å². The number of carbonyl (C=O) groups excluding carboxylic acids is 3. The second-order valence-corrected chi connectivity index (χ2v) is 6.59. The van der Waals surface area contributed by atoms with Crippen LogP contribution in [0.2, 0.25) is 0 Å². The number of rotatable bonds is 3. The zero-order valence-electron chi connectivity index (χ0n) is 14.2. The van der Waals surface area contributed by atoms with Crippen LogP contribution in [0.1, 0.15) is 36.0 Å². The van der Waals surface area contributed by atoms with Crippen molar-refractivity contribution >= 4 is 23.4 Å². The summed E-state index contributed by atoms with van der Waals surface area (Å²) in [4.78, 5) is 42.0. The van der Waals surface area contributed by atoms with Gasteiger partial charge in [0.2, 0.25) is 11.8 Å². The van der Waals surface area contributed by atoms with E-state index >= 15 is 0 Å². The minimum atomic E-state index is -0.385. The second-order valence-electron chi connectivity index (χ2n) is 6.59. The zero-order valence-corrected chi connectivity index (χ0v) is 14.2. The summed E-state index contributed by atoms with van der Waals surface area (Å²) in [5.41, 5.74) is 1.30. The van der Waals surface area contributed by atoms with E-state index < -0.39 is 0 Å². The highest BCUT2D eigenvalue weighted by Gasteiger charge is 2.35. The van der Waals surface area contributed by atoms with Crippen LogP contribution < -0.4 is 4.90 Å². The number of hydrogen-bond donors (Lipinski definition) is 0. The molecule has 6 nitrogen and oxygen atoms in total. The average Bonchev–Trinajstić information content (AvgIpc) is 3.22. The Kier molecular flexibility index (Phi) is 4.55. The van der Waals surface area contributed by atoms with Crippen molar-refractivity contribution in [2.45, 2.75) is 31.7 Å². The van der Waals surface area contributed by atoms with Crippen LogP contribution in [0.5, 0.6) is 0 Å². The molecule has 2 heterocycles. The molecule has 2 saturated heterocycles. The quantitative estimate of drug-likeness (QED) is 0.844. The lowest BCUT2D eigenvalue weighted by Gasteiger charge is -2.26. The van der Waals surface area contributed by atoms with Crippen molar-refractivity contribution in [1.29, 1.82) is 0 Å². The molecule has 2 aliphatic rings. The Morgan fingerprint density at radius 2 is 1.96 bits per heavy atom. The van der Waals surface area contributed by atoms with E-state index in [9.17, 15) is 14.4 Å². The largest absolute Gasteiger partial charge is 0.347 e. The van der Waals surface area contributed by atoms with Crippen LogP contribution in [-0.4, -0.2) is 60.7 Å². The van der Waals surface area contributed by atoms with Gasteiger partial charge in [0.25, 0.3) is 5.91 Å². The standard InChI is InChI=1S/C18H23N3O3/c1-19(2)18(24)15-8-4-11-21(15)17(23)13-6-3-7-14(12-13)20-10-5-9-16(20)22/h3,6-7,12,15H,4-5,8-11H2,1-2H3. The summed E-state index contributed by atoms with van der Waals surface area (Å²) in [6.45, 7) is 1.29. The first-order valence-electron chi connectivity index (χ1n) is 8.41. The predicted octanol–water partition coefficient (Wildman–Crippen LogP) is 1.51. The number of benzene rings is 1. The molecule has 3 amide bonds. The molecule has 1 unspecified atom stereocenters. The van der Waals surface area contributed by atoms with E-state index in [4.69, 9.17) is 0 Å². The van der Waals surface area contributed by atoms with Gasteiger partial charge in [0.15, 0.2) is 0 Å². The van der Waals surface area contributed by atoms with Gasteiger partial charge in [-0.1, -0.05) is 6.07 Å². The van der Waals surface area contributed by atoms with Crippen molar-refractivity contribution in [2.75, 3.05) is 32.1 Å². The minimum absolute atomic E-state index is 0.0354. The Labute approximate surface area is 142 Å². The van der Waals surface area contributed by atoms with Gasteiger partial charge in [-0.15, -0.1) is 0 Å². The molecule has 0 saturated carbocycles. The van der Waals surface area contributed by atoms with Gasteiger partial charge in [0.05, 0.1) is 0 Å². The molecule has 1 aromatic rings. The predicted molar refractivity (Wildman–Crippen MR) is 90.8 cm³/mol. The van der Waals surface area contributed by atoms with Gasteiger partial charge in [-0.25, -0.2) is 0 Å². The fourth-order valence-electron chi connectivity index (χ4n) is 3.46. The summed E-state index contributed by atoms with van der Waals surface area (Å²) >= 11 is 0. The van der Waals surface area contributed by atoms with Gasteiger partial charge >= 0.3 is 0 Å². The summed E-state index contributed by atoms with van der Waals surface area (Å²) in [5.74, 6) is -0.0747. The molecule has 0 aromatic heterocycles. The van der Waals surface area contributed by atoms with Gasteiger partial charge in [-0.05, 0) is 37.5 Å². The van der Waals surface area contributed by atoms with E-state index in [2.05, 4.69) is 0 Å². The van der Waals surface area contributed by atoms with Gasteiger partial charge < -0.3 is 14.7 Å². The summed E-state index contributed by atoms with van der Waals surface area (Å²) in [7, 11) is 3.42. The van der Waals surface area contributed by atoms with Gasteiger partial charge in [-0.2, -0.15) is 0 Å². The maximum Gasteiger partial charge on any atom is 0.254 e. The Hall–Kier alpha value is -2.37. The molecular weight excluding hydrogens is 306 g/mol. The number of amides is 3. The third kappa shape index (κ3) is 3.00. The number of likely N-dealkylation sites (tertiary alicyclic amines) is 1. The molecule has 2 aliphatic heterocycles. The summed E-state index contributed by atoms with van der Waals surface area (Å²) in [6, 6.07) is 6.78. The van der Waals surface area contributed by atoms with Crippen molar-refractivity contribution in [2.24, 2.45) is 0 Å². The number of nitrogens with zero attached hydrogens (tertiary/aromatic N) is 3. The van der Waals surface area contributed by atoms with Crippen molar-refractivity contribution in [3.05, 3.63) is 29.8 Å². The van der Waals surface area contributed by atoms with Crippen molar-refractivity contribution < 1.29 is 14.4 Å². The number of hydrogen-bond acceptors (Lipinski definition) is 3. The highest BCUT2D eigenvalue weighted by molar-refractivity contribution is 6.00. The lowest BCUT2D eigenvalue weighted by molar-refractivity contribution is -0.132. The highest BCUT2D eigenvalue weighted by Crippen LogP contribution is 2.25. The van der Waals surface area contributed by atoms with Crippen LogP contribution in [-0.2, 0) is 9.59 Å². The minimum Gasteiger partial charge on any atom is -0.347 e. The maximum atomic E-state index is 12.9. The number of anilines is 1. The van der Waals surface area contributed by atoms with Gasteiger partial charge in [0.1, 0.15) is 6.04 Å². The van der Waals surface area contributed by atoms with E-state index in [0.717, 1.165) is 18.5 Å². The highest BCUT2D eigenvalue weighted by atomic mass is 16.2. The van der Waals surface area contributed by atoms with Crippen LogP contribution in [0.25, 0.3) is 0 Å². The normalized spacial score (nSPS) is 20.6. The topological polar surface area (TPSA) is 60.9 Å². The molecule has 2 fully saturated rings. The molecule has 0 bridgehead atoms. The van der Waals surface area contributed by atoms with E-state index in [1.54, 1.807) is 42.1 Å². The van der Waals surface area contributed by atoms with Crippen molar-refractivity contribution in [1.82, 2.24) is 9.80 Å².